The first-order valence-electron chi connectivity index (χ1n) is 7.84. The summed E-state index contributed by atoms with van der Waals surface area (Å²) in [6.45, 7) is 4.23. The first-order chi connectivity index (χ1) is 11.4. The fourth-order valence-corrected chi connectivity index (χ4v) is 3.09. The maximum absolute atomic E-state index is 12.4. The maximum atomic E-state index is 12.4. The maximum Gasteiger partial charge on any atom is 0.337 e. The molecule has 0 saturated carbocycles. The van der Waals surface area contributed by atoms with Crippen molar-refractivity contribution in [2.75, 3.05) is 0 Å². The molecular formula is C18H20N4O2. The zero-order valence-electron chi connectivity index (χ0n) is 14.0. The highest BCUT2D eigenvalue weighted by atomic mass is 16.2. The molecule has 2 N–H and O–H groups in total. The van der Waals surface area contributed by atoms with Crippen LogP contribution in [0.3, 0.4) is 0 Å². The molecule has 0 fully saturated rings. The molecule has 0 spiro atoms. The Hall–Kier alpha value is -2.89. The van der Waals surface area contributed by atoms with Crippen molar-refractivity contribution in [3.63, 3.8) is 0 Å². The number of nitrogens with two attached hydrogens (primary N) is 1. The van der Waals surface area contributed by atoms with Gasteiger partial charge >= 0.3 is 11.7 Å². The lowest BCUT2D eigenvalue weighted by Crippen LogP contribution is -2.32. The first-order valence-corrected chi connectivity index (χ1v) is 7.84. The van der Waals surface area contributed by atoms with E-state index in [1.54, 1.807) is 19.4 Å². The van der Waals surface area contributed by atoms with Crippen molar-refractivity contribution in [3.05, 3.63) is 52.7 Å². The minimum absolute atomic E-state index is 0.407. The summed E-state index contributed by atoms with van der Waals surface area (Å²) in [7, 11) is 1.66. The molecule has 0 aliphatic heterocycles. The number of imidazole rings is 1. The van der Waals surface area contributed by atoms with E-state index in [0.29, 0.717) is 11.4 Å². The largest absolute Gasteiger partial charge is 0.351 e. The van der Waals surface area contributed by atoms with Gasteiger partial charge < -0.3 is 5.73 Å². The third-order valence-corrected chi connectivity index (χ3v) is 4.07. The Morgan fingerprint density at radius 1 is 1.29 bits per heavy atom. The number of primary amides is 1. The highest BCUT2D eigenvalue weighted by Crippen LogP contribution is 2.28. The standard InChI is InChI=1S/C18H20N4O2/c1-11(2)7-14-8-13(12-5-4-6-20-10-12)9-15-16(14)21(3)18(24)22(15)17(19)23/h4-6,8-11H,7H2,1-3H3,(H2,19,23). The van der Waals surface area contributed by atoms with Crippen molar-refractivity contribution >= 4 is 17.1 Å². The molecule has 6 nitrogen and oxygen atoms in total. The molecule has 1 amide bonds. The molecule has 0 bridgehead atoms. The lowest BCUT2D eigenvalue weighted by atomic mass is 9.97. The van der Waals surface area contributed by atoms with Gasteiger partial charge in [0, 0.05) is 25.0 Å². The van der Waals surface area contributed by atoms with E-state index in [0.717, 1.165) is 33.2 Å². The molecule has 0 unspecified atom stereocenters. The monoisotopic (exact) mass is 324 g/mol. The number of carbonyl (C=O) groups excluding carboxylic acids is 1. The van der Waals surface area contributed by atoms with Crippen molar-refractivity contribution in [2.45, 2.75) is 20.3 Å². The summed E-state index contributed by atoms with van der Waals surface area (Å²) >= 11 is 0. The second-order valence-corrected chi connectivity index (χ2v) is 6.36. The van der Waals surface area contributed by atoms with Crippen LogP contribution >= 0.6 is 0 Å². The normalized spacial score (nSPS) is 11.3. The van der Waals surface area contributed by atoms with Crippen molar-refractivity contribution < 1.29 is 4.79 Å². The molecule has 3 rings (SSSR count). The van der Waals surface area contributed by atoms with Gasteiger partial charge in [-0.15, -0.1) is 0 Å². The van der Waals surface area contributed by atoms with Gasteiger partial charge in [-0.05, 0) is 41.7 Å². The average Bonchev–Trinajstić information content (AvgIpc) is 2.79. The van der Waals surface area contributed by atoms with Crippen molar-refractivity contribution in [1.29, 1.82) is 0 Å². The van der Waals surface area contributed by atoms with Gasteiger partial charge in [0.15, 0.2) is 0 Å². The number of nitrogens with zero attached hydrogens (tertiary/aromatic N) is 3. The Labute approximate surface area is 139 Å². The summed E-state index contributed by atoms with van der Waals surface area (Å²) in [5.74, 6) is 0.407. The summed E-state index contributed by atoms with van der Waals surface area (Å²) in [5, 5.41) is 0. The Bertz CT molecular complexity index is 968. The van der Waals surface area contributed by atoms with Crippen molar-refractivity contribution in [2.24, 2.45) is 18.7 Å². The molecule has 2 heterocycles. The zero-order valence-corrected chi connectivity index (χ0v) is 14.0. The molecule has 3 aromatic rings. The fourth-order valence-electron chi connectivity index (χ4n) is 3.09. The van der Waals surface area contributed by atoms with E-state index in [9.17, 15) is 9.59 Å². The molecule has 0 aliphatic carbocycles. The van der Waals surface area contributed by atoms with E-state index in [4.69, 9.17) is 5.73 Å². The van der Waals surface area contributed by atoms with Gasteiger partial charge in [-0.2, -0.15) is 0 Å². The van der Waals surface area contributed by atoms with E-state index in [-0.39, 0.29) is 0 Å². The van der Waals surface area contributed by atoms with Crippen LogP contribution in [0.4, 0.5) is 4.79 Å². The molecule has 0 radical (unpaired) electrons. The summed E-state index contributed by atoms with van der Waals surface area (Å²) in [4.78, 5) is 28.4. The number of hydrogen-bond acceptors (Lipinski definition) is 3. The number of aryl methyl sites for hydroxylation is 1. The summed E-state index contributed by atoms with van der Waals surface area (Å²) in [5.41, 5.74) is 9.14. The Balaban J connectivity index is 2.40. The van der Waals surface area contributed by atoms with Crippen LogP contribution in [0.15, 0.2) is 41.5 Å². The van der Waals surface area contributed by atoms with Gasteiger partial charge in [0.05, 0.1) is 11.0 Å². The topological polar surface area (TPSA) is 82.9 Å². The van der Waals surface area contributed by atoms with E-state index in [1.807, 2.05) is 18.2 Å². The molecule has 0 aliphatic rings. The van der Waals surface area contributed by atoms with Crippen LogP contribution < -0.4 is 11.4 Å². The number of amides is 1. The highest BCUT2D eigenvalue weighted by molar-refractivity contribution is 5.93. The number of aromatic nitrogens is 3. The van der Waals surface area contributed by atoms with Gasteiger partial charge in [0.1, 0.15) is 0 Å². The highest BCUT2D eigenvalue weighted by Gasteiger charge is 2.19. The van der Waals surface area contributed by atoms with Crippen LogP contribution in [0.25, 0.3) is 22.2 Å². The fraction of sp³-hybridized carbons (Fsp3) is 0.278. The zero-order chi connectivity index (χ0) is 17.4. The molecule has 1 aromatic carbocycles. The van der Waals surface area contributed by atoms with E-state index < -0.39 is 11.7 Å². The third kappa shape index (κ3) is 2.60. The number of fused-ring (bicyclic) bond motifs is 1. The second-order valence-electron chi connectivity index (χ2n) is 6.36. The van der Waals surface area contributed by atoms with Crippen LogP contribution in [0.5, 0.6) is 0 Å². The molecule has 24 heavy (non-hydrogen) atoms. The van der Waals surface area contributed by atoms with Crippen LogP contribution in [0.1, 0.15) is 19.4 Å². The molecule has 2 aromatic heterocycles. The van der Waals surface area contributed by atoms with Gasteiger partial charge in [-0.3, -0.25) is 9.55 Å². The summed E-state index contributed by atoms with van der Waals surface area (Å²) in [6.07, 6.45) is 4.26. The van der Waals surface area contributed by atoms with E-state index in [2.05, 4.69) is 24.9 Å². The second kappa shape index (κ2) is 5.96. The number of rotatable bonds is 3. The molecule has 124 valence electrons. The van der Waals surface area contributed by atoms with Crippen LogP contribution in [-0.4, -0.2) is 20.1 Å². The molecule has 0 saturated heterocycles. The van der Waals surface area contributed by atoms with Gasteiger partial charge in [0.25, 0.3) is 0 Å². The quantitative estimate of drug-likeness (QED) is 0.803. The SMILES string of the molecule is CC(C)Cc1cc(-c2cccnc2)cc2c1n(C)c(=O)n2C(N)=O. The number of hydrogen-bond donors (Lipinski definition) is 1. The number of benzene rings is 1. The lowest BCUT2D eigenvalue weighted by molar-refractivity contribution is 0.250. The minimum atomic E-state index is -0.774. The predicted molar refractivity (Wildman–Crippen MR) is 93.9 cm³/mol. The van der Waals surface area contributed by atoms with Gasteiger partial charge in [-0.25, -0.2) is 14.2 Å². The Morgan fingerprint density at radius 3 is 2.62 bits per heavy atom. The lowest BCUT2D eigenvalue weighted by Gasteiger charge is -2.11. The third-order valence-electron chi connectivity index (χ3n) is 4.07. The molecular weight excluding hydrogens is 304 g/mol. The predicted octanol–water partition coefficient (Wildman–Crippen LogP) is 2.53. The van der Waals surface area contributed by atoms with Crippen LogP contribution in [-0.2, 0) is 13.5 Å². The van der Waals surface area contributed by atoms with Crippen molar-refractivity contribution in [3.8, 4) is 11.1 Å². The summed E-state index contributed by atoms with van der Waals surface area (Å²) < 4.78 is 2.52. The average molecular weight is 324 g/mol. The van der Waals surface area contributed by atoms with Crippen molar-refractivity contribution in [1.82, 2.24) is 14.1 Å². The van der Waals surface area contributed by atoms with E-state index >= 15 is 0 Å². The summed E-state index contributed by atoms with van der Waals surface area (Å²) in [6, 6.07) is 6.91. The van der Waals surface area contributed by atoms with E-state index in [1.165, 1.54) is 4.57 Å². The molecule has 6 heteroatoms. The van der Waals surface area contributed by atoms with Gasteiger partial charge in [0.2, 0.25) is 0 Å². The Morgan fingerprint density at radius 2 is 2.04 bits per heavy atom. The molecule has 0 atom stereocenters. The van der Waals surface area contributed by atoms with Gasteiger partial charge in [-0.1, -0.05) is 19.9 Å². The Kier molecular flexibility index (Phi) is 3.97. The minimum Gasteiger partial charge on any atom is -0.351 e. The smallest absolute Gasteiger partial charge is 0.337 e. The first kappa shape index (κ1) is 16.0. The van der Waals surface area contributed by atoms with Crippen LogP contribution in [0.2, 0.25) is 0 Å². The number of pyridine rings is 1. The van der Waals surface area contributed by atoms with Crippen LogP contribution in [0, 0.1) is 5.92 Å². The number of carbonyl (C=O) groups is 1.